The van der Waals surface area contributed by atoms with Crippen LogP contribution in [-0.2, 0) is 20.2 Å². The summed E-state index contributed by atoms with van der Waals surface area (Å²) in [4.78, 5) is 31.3. The fraction of sp³-hybridized carbons (Fsp3) is 0.320. The smallest absolute Gasteiger partial charge is 0.337 e. The van der Waals surface area contributed by atoms with Gasteiger partial charge in [-0.15, -0.1) is 0 Å². The van der Waals surface area contributed by atoms with Crippen molar-refractivity contribution >= 4 is 28.7 Å². The van der Waals surface area contributed by atoms with Gasteiger partial charge in [0.2, 0.25) is 5.88 Å². The highest BCUT2D eigenvalue weighted by molar-refractivity contribution is 6.30. The van der Waals surface area contributed by atoms with Crippen LogP contribution in [0, 0.1) is 5.82 Å². The van der Waals surface area contributed by atoms with Gasteiger partial charge in [-0.05, 0) is 44.1 Å². The summed E-state index contributed by atoms with van der Waals surface area (Å²) in [6, 6.07) is 6.09. The fourth-order valence-corrected chi connectivity index (χ4v) is 4.61. The van der Waals surface area contributed by atoms with Crippen LogP contribution >= 0.6 is 11.6 Å². The van der Waals surface area contributed by atoms with Gasteiger partial charge in [0.25, 0.3) is 0 Å². The lowest BCUT2D eigenvalue weighted by molar-refractivity contribution is 0.0696. The van der Waals surface area contributed by atoms with Gasteiger partial charge in [0.15, 0.2) is 5.65 Å². The van der Waals surface area contributed by atoms with Gasteiger partial charge in [0.05, 0.1) is 17.6 Å². The van der Waals surface area contributed by atoms with E-state index in [4.69, 9.17) is 16.3 Å². The van der Waals surface area contributed by atoms with Crippen LogP contribution in [0.3, 0.4) is 0 Å². The van der Waals surface area contributed by atoms with Crippen LogP contribution in [0.25, 0.3) is 11.2 Å². The summed E-state index contributed by atoms with van der Waals surface area (Å²) < 4.78 is 21.9. The molecule has 0 spiro atoms. The van der Waals surface area contributed by atoms with Gasteiger partial charge in [-0.3, -0.25) is 9.88 Å². The molecular weight excluding hydrogens is 487 g/mol. The van der Waals surface area contributed by atoms with Gasteiger partial charge in [0, 0.05) is 42.1 Å². The van der Waals surface area contributed by atoms with Gasteiger partial charge in [-0.25, -0.2) is 24.1 Å². The maximum Gasteiger partial charge on any atom is 0.337 e. The number of nitrogens with zero attached hydrogens (tertiary/aromatic N) is 6. The Labute approximate surface area is 211 Å². The lowest BCUT2D eigenvalue weighted by atomic mass is 9.93. The Morgan fingerprint density at radius 1 is 1.19 bits per heavy atom. The van der Waals surface area contributed by atoms with Crippen molar-refractivity contribution < 1.29 is 19.0 Å². The number of carboxylic acids is 1. The first-order chi connectivity index (χ1) is 17.4. The van der Waals surface area contributed by atoms with E-state index in [1.807, 2.05) is 11.6 Å². The maximum absolute atomic E-state index is 14.1. The molecule has 0 saturated carbocycles. The van der Waals surface area contributed by atoms with Crippen molar-refractivity contribution in [1.29, 1.82) is 0 Å². The number of imidazole rings is 1. The van der Waals surface area contributed by atoms with E-state index in [0.717, 1.165) is 37.4 Å². The minimum atomic E-state index is -1.01. The highest BCUT2D eigenvalue weighted by Crippen LogP contribution is 2.32. The van der Waals surface area contributed by atoms with Crippen molar-refractivity contribution in [2.45, 2.75) is 31.9 Å². The molecule has 0 radical (unpaired) electrons. The number of fused-ring (bicyclic) bond motifs is 1. The largest absolute Gasteiger partial charge is 0.478 e. The second-order valence-electron chi connectivity index (χ2n) is 8.78. The van der Waals surface area contributed by atoms with Crippen molar-refractivity contribution in [1.82, 2.24) is 29.4 Å². The second kappa shape index (κ2) is 10.2. The predicted molar refractivity (Wildman–Crippen MR) is 130 cm³/mol. The second-order valence-corrected chi connectivity index (χ2v) is 9.22. The number of hydrogen-bond acceptors (Lipinski definition) is 7. The molecule has 1 aliphatic rings. The van der Waals surface area contributed by atoms with Crippen molar-refractivity contribution in [2.24, 2.45) is 7.05 Å². The summed E-state index contributed by atoms with van der Waals surface area (Å²) in [5.41, 5.74) is 2.54. The van der Waals surface area contributed by atoms with Crippen LogP contribution < -0.4 is 4.74 Å². The number of aromatic nitrogens is 5. The van der Waals surface area contributed by atoms with Crippen LogP contribution in [0.1, 0.15) is 46.2 Å². The van der Waals surface area contributed by atoms with E-state index in [1.165, 1.54) is 12.3 Å². The number of piperidine rings is 1. The number of halogens is 2. The number of ether oxygens (including phenoxy) is 1. The SMILES string of the molecule is Cn1c(CN2CCC(c3nccnc3OCc3ccc(Cl)cc3F)CC2)nc2ncc(C(=O)O)cc21. The number of likely N-dealkylation sites (tertiary alicyclic amines) is 1. The van der Waals surface area contributed by atoms with Gasteiger partial charge in [-0.1, -0.05) is 17.7 Å². The van der Waals surface area contributed by atoms with Crippen molar-refractivity contribution in [3.63, 3.8) is 0 Å². The average Bonchev–Trinajstić information content (AvgIpc) is 3.18. The Hall–Kier alpha value is -3.63. The molecule has 1 saturated heterocycles. The quantitative estimate of drug-likeness (QED) is 0.394. The van der Waals surface area contributed by atoms with E-state index in [-0.39, 0.29) is 18.1 Å². The van der Waals surface area contributed by atoms with Crippen LogP contribution in [0.5, 0.6) is 5.88 Å². The van der Waals surface area contributed by atoms with Gasteiger partial charge < -0.3 is 14.4 Å². The first-order valence-electron chi connectivity index (χ1n) is 11.5. The van der Waals surface area contributed by atoms with Crippen LogP contribution in [0.2, 0.25) is 5.02 Å². The normalized spacial score (nSPS) is 14.9. The molecule has 5 rings (SSSR count). The van der Waals surface area contributed by atoms with Crippen LogP contribution in [0.4, 0.5) is 4.39 Å². The standard InChI is InChI=1S/C25H24ClFN6O3/c1-32-20-10-17(25(34)35)12-30-23(20)31-21(32)13-33-8-4-15(5-9-33)22-24(29-7-6-28-22)36-14-16-2-3-18(26)11-19(16)27/h2-3,6-7,10-12,15H,4-5,8-9,13-14H2,1H3,(H,34,35). The monoisotopic (exact) mass is 510 g/mol. The van der Waals surface area contributed by atoms with Crippen molar-refractivity contribution in [3.05, 3.63) is 76.3 Å². The summed E-state index contributed by atoms with van der Waals surface area (Å²) in [5.74, 6) is -0.0225. The molecule has 3 aromatic heterocycles. The number of aryl methyl sites for hydroxylation is 1. The zero-order chi connectivity index (χ0) is 25.2. The molecule has 1 aliphatic heterocycles. The Balaban J connectivity index is 1.23. The topological polar surface area (TPSA) is 106 Å². The summed E-state index contributed by atoms with van der Waals surface area (Å²) in [5, 5.41) is 9.57. The van der Waals surface area contributed by atoms with E-state index < -0.39 is 11.8 Å². The lowest BCUT2D eigenvalue weighted by Gasteiger charge is -2.31. The molecule has 186 valence electrons. The lowest BCUT2D eigenvalue weighted by Crippen LogP contribution is -2.33. The molecule has 1 N–H and O–H groups in total. The number of benzene rings is 1. The molecule has 11 heteroatoms. The van der Waals surface area contributed by atoms with Crippen molar-refractivity contribution in [3.8, 4) is 5.88 Å². The van der Waals surface area contributed by atoms with Gasteiger partial charge >= 0.3 is 5.97 Å². The molecule has 0 amide bonds. The minimum Gasteiger partial charge on any atom is -0.478 e. The predicted octanol–water partition coefficient (Wildman–Crippen LogP) is 4.21. The van der Waals surface area contributed by atoms with Gasteiger partial charge in [-0.2, -0.15) is 0 Å². The Bertz CT molecular complexity index is 1420. The summed E-state index contributed by atoms with van der Waals surface area (Å²) in [7, 11) is 1.87. The molecule has 4 aromatic rings. The Morgan fingerprint density at radius 3 is 2.72 bits per heavy atom. The molecular formula is C25H24ClFN6O3. The van der Waals surface area contributed by atoms with E-state index in [1.54, 1.807) is 30.6 Å². The molecule has 9 nitrogen and oxygen atoms in total. The number of hydrogen-bond donors (Lipinski definition) is 1. The number of carbonyl (C=O) groups is 1. The van der Waals surface area contributed by atoms with E-state index in [9.17, 15) is 14.3 Å². The zero-order valence-electron chi connectivity index (χ0n) is 19.6. The van der Waals surface area contributed by atoms with Gasteiger partial charge in [0.1, 0.15) is 23.9 Å². The summed E-state index contributed by atoms with van der Waals surface area (Å²) in [6.45, 7) is 2.31. The third-order valence-corrected chi connectivity index (χ3v) is 6.72. The van der Waals surface area contributed by atoms with Crippen LogP contribution in [0.15, 0.2) is 42.9 Å². The third-order valence-electron chi connectivity index (χ3n) is 6.49. The minimum absolute atomic E-state index is 0.0396. The first-order valence-corrected chi connectivity index (χ1v) is 11.9. The zero-order valence-corrected chi connectivity index (χ0v) is 20.3. The third kappa shape index (κ3) is 5.00. The molecule has 4 heterocycles. The Morgan fingerprint density at radius 2 is 1.97 bits per heavy atom. The Kier molecular flexibility index (Phi) is 6.80. The molecule has 0 atom stereocenters. The maximum atomic E-state index is 14.1. The fourth-order valence-electron chi connectivity index (χ4n) is 4.45. The summed E-state index contributed by atoms with van der Waals surface area (Å²) >= 11 is 5.83. The number of rotatable bonds is 7. The number of pyridine rings is 1. The summed E-state index contributed by atoms with van der Waals surface area (Å²) in [6.07, 6.45) is 6.26. The number of carboxylic acid groups (broad SMARTS) is 1. The van der Waals surface area contributed by atoms with Crippen molar-refractivity contribution in [2.75, 3.05) is 13.1 Å². The molecule has 1 aromatic carbocycles. The molecule has 0 aliphatic carbocycles. The number of aromatic carboxylic acids is 1. The van der Waals surface area contributed by atoms with E-state index in [0.29, 0.717) is 34.2 Å². The molecule has 1 fully saturated rings. The molecule has 36 heavy (non-hydrogen) atoms. The first kappa shape index (κ1) is 24.1. The highest BCUT2D eigenvalue weighted by Gasteiger charge is 2.26. The molecule has 0 bridgehead atoms. The highest BCUT2D eigenvalue weighted by atomic mass is 35.5. The van der Waals surface area contributed by atoms with E-state index in [2.05, 4.69) is 24.8 Å². The van der Waals surface area contributed by atoms with Crippen LogP contribution in [-0.4, -0.2) is 53.6 Å². The average molecular weight is 511 g/mol. The molecule has 0 unspecified atom stereocenters. The van der Waals surface area contributed by atoms with E-state index >= 15 is 0 Å².